The molecule has 4 heterocycles. The molecule has 6 heteroatoms. The summed E-state index contributed by atoms with van der Waals surface area (Å²) in [5, 5.41) is 11.8. The number of carbonyl (C=O) groups excluding carboxylic acids is 1. The van der Waals surface area contributed by atoms with Gasteiger partial charge >= 0.3 is 0 Å². The highest BCUT2D eigenvalue weighted by Crippen LogP contribution is 2.73. The van der Waals surface area contributed by atoms with Crippen LogP contribution in [0.5, 0.6) is 0 Å². The van der Waals surface area contributed by atoms with Crippen LogP contribution in [0.3, 0.4) is 0 Å². The van der Waals surface area contributed by atoms with Gasteiger partial charge in [0.2, 0.25) is 0 Å². The van der Waals surface area contributed by atoms with Crippen molar-refractivity contribution in [1.29, 1.82) is 0 Å². The van der Waals surface area contributed by atoms with Gasteiger partial charge in [-0.2, -0.15) is 0 Å². The highest BCUT2D eigenvalue weighted by Gasteiger charge is 2.80. The number of allylic oxidation sites excluding steroid dienone is 1. The molecular formula is C28H38O6. The molecule has 8 rings (SSSR count). The number of hydrogen-bond acceptors (Lipinski definition) is 6. The third-order valence-electron chi connectivity index (χ3n) is 12.9. The van der Waals surface area contributed by atoms with Gasteiger partial charge < -0.3 is 24.1 Å². The molecule has 15 atom stereocenters. The summed E-state index contributed by atoms with van der Waals surface area (Å²) in [4.78, 5) is 13.4. The summed E-state index contributed by atoms with van der Waals surface area (Å²) in [6.07, 6.45) is 7.85. The van der Waals surface area contributed by atoms with E-state index in [0.29, 0.717) is 30.1 Å². The van der Waals surface area contributed by atoms with Crippen LogP contribution in [-0.2, 0) is 23.7 Å². The highest BCUT2D eigenvalue weighted by molar-refractivity contribution is 5.97. The van der Waals surface area contributed by atoms with Crippen LogP contribution in [-0.4, -0.2) is 58.4 Å². The molecule has 0 aromatic carbocycles. The molecule has 8 aliphatic rings. The van der Waals surface area contributed by atoms with E-state index in [4.69, 9.17) is 18.9 Å². The lowest BCUT2D eigenvalue weighted by Gasteiger charge is -2.60. The molecule has 3 saturated carbocycles. The Labute approximate surface area is 201 Å². The minimum atomic E-state index is -1.07. The van der Waals surface area contributed by atoms with Gasteiger partial charge in [0.05, 0.1) is 23.7 Å². The number of epoxide rings is 2. The molecule has 0 aromatic heterocycles. The highest BCUT2D eigenvalue weighted by atomic mass is 16.8. The maximum absolute atomic E-state index is 13.4. The predicted molar refractivity (Wildman–Crippen MR) is 122 cm³/mol. The number of fused-ring (bicyclic) bond motifs is 14. The van der Waals surface area contributed by atoms with Gasteiger partial charge in [0, 0.05) is 6.42 Å². The zero-order chi connectivity index (χ0) is 23.6. The molecule has 1 N–H and O–H groups in total. The Kier molecular flexibility index (Phi) is 3.67. The summed E-state index contributed by atoms with van der Waals surface area (Å²) in [6.45, 7) is 11.2. The lowest BCUT2D eigenvalue weighted by Crippen LogP contribution is -2.67. The monoisotopic (exact) mass is 470 g/mol. The normalized spacial score (nSPS) is 68.9. The minimum Gasteiger partial charge on any atom is -0.386 e. The minimum absolute atomic E-state index is 0.0629. The van der Waals surface area contributed by atoms with Crippen LogP contribution in [0.1, 0.15) is 66.7 Å². The molecular weight excluding hydrogens is 432 g/mol. The molecule has 0 aromatic rings. The second-order valence-electron chi connectivity index (χ2n) is 13.9. The Morgan fingerprint density at radius 2 is 1.82 bits per heavy atom. The zero-order valence-corrected chi connectivity index (χ0v) is 21.0. The first-order chi connectivity index (χ1) is 16.0. The molecule has 4 aliphatic heterocycles. The van der Waals surface area contributed by atoms with Gasteiger partial charge in [0.15, 0.2) is 12.1 Å². The third-order valence-corrected chi connectivity index (χ3v) is 12.9. The van der Waals surface area contributed by atoms with E-state index >= 15 is 0 Å². The average Bonchev–Trinajstić information content (AvgIpc) is 3.65. The fourth-order valence-electron chi connectivity index (χ4n) is 10.7. The van der Waals surface area contributed by atoms with E-state index < -0.39 is 11.0 Å². The van der Waals surface area contributed by atoms with Crippen LogP contribution in [0.2, 0.25) is 0 Å². The van der Waals surface area contributed by atoms with Crippen molar-refractivity contribution in [2.45, 2.75) is 114 Å². The molecule has 0 radical (unpaired) electrons. The Balaban J connectivity index is 1.19. The number of carbonyl (C=O) groups is 1. The smallest absolute Gasteiger partial charge is 0.189 e. The summed E-state index contributed by atoms with van der Waals surface area (Å²) in [6, 6.07) is 0. The van der Waals surface area contributed by atoms with E-state index in [2.05, 4.69) is 27.7 Å². The quantitative estimate of drug-likeness (QED) is 0.547. The summed E-state index contributed by atoms with van der Waals surface area (Å²) in [7, 11) is 0. The third kappa shape index (κ3) is 2.07. The molecule has 4 saturated heterocycles. The van der Waals surface area contributed by atoms with E-state index in [0.717, 1.165) is 25.7 Å². The molecule has 186 valence electrons. The van der Waals surface area contributed by atoms with E-state index in [1.807, 2.05) is 13.0 Å². The summed E-state index contributed by atoms with van der Waals surface area (Å²) in [5.74, 6) is 1.77. The Bertz CT molecular complexity index is 1030. The standard InChI is InChI=1S/C28H38O6/c1-13-17-12-25(3)27(5,34-25)23(32-17)31-16-11-15-19-14(8-10-24(15,2)20(13)16)26(4)18(29)7-6-9-28(26,30)22-21(19)33-22/h6-7,13-17,19-23,30H,8-12H2,1-5H3/t13-,14+,15+,16-,17-,19-,20+,21+,22+,23+,24+,25+,26+,27-,28+/m1/s1. The summed E-state index contributed by atoms with van der Waals surface area (Å²) < 4.78 is 25.9. The number of aliphatic hydroxyl groups is 1. The van der Waals surface area contributed by atoms with Crippen molar-refractivity contribution in [3.63, 3.8) is 0 Å². The molecule has 4 aliphatic carbocycles. The summed E-state index contributed by atoms with van der Waals surface area (Å²) >= 11 is 0. The average molecular weight is 471 g/mol. The largest absolute Gasteiger partial charge is 0.386 e. The van der Waals surface area contributed by atoms with Gasteiger partial charge in [-0.25, -0.2) is 0 Å². The van der Waals surface area contributed by atoms with Crippen molar-refractivity contribution >= 4 is 5.78 Å². The Morgan fingerprint density at radius 3 is 2.62 bits per heavy atom. The molecule has 0 spiro atoms. The lowest BCUT2D eigenvalue weighted by molar-refractivity contribution is -0.219. The number of hydrogen-bond donors (Lipinski definition) is 1. The SMILES string of the molecule is C[C@H]1[C@H]2[C@@H](C[C@H]3[C@@H]4[C@@H]5O[C@@H]5[C@@]5(O)CC=CC(=O)[C@]5(C)[C@H]4CC[C@]23C)O[C@H]2O[C@@H]1C[C@]1(C)O[C@]21C. The molecule has 6 nitrogen and oxygen atoms in total. The second-order valence-corrected chi connectivity index (χ2v) is 13.9. The fraction of sp³-hybridized carbons (Fsp3) is 0.893. The van der Waals surface area contributed by atoms with Crippen LogP contribution in [0.15, 0.2) is 12.2 Å². The van der Waals surface area contributed by atoms with Gasteiger partial charge in [-0.05, 0) is 87.5 Å². The van der Waals surface area contributed by atoms with Crippen LogP contribution < -0.4 is 0 Å². The maximum Gasteiger partial charge on any atom is 0.189 e. The van der Waals surface area contributed by atoms with Crippen molar-refractivity contribution < 1.29 is 28.8 Å². The Hall–Kier alpha value is -0.790. The van der Waals surface area contributed by atoms with E-state index in [1.165, 1.54) is 0 Å². The van der Waals surface area contributed by atoms with Gasteiger partial charge in [-0.3, -0.25) is 4.79 Å². The molecule has 2 bridgehead atoms. The van der Waals surface area contributed by atoms with Gasteiger partial charge in [-0.15, -0.1) is 0 Å². The molecule has 7 fully saturated rings. The van der Waals surface area contributed by atoms with Crippen LogP contribution in [0, 0.1) is 40.4 Å². The van der Waals surface area contributed by atoms with Gasteiger partial charge in [0.1, 0.15) is 22.9 Å². The van der Waals surface area contributed by atoms with Gasteiger partial charge in [0.25, 0.3) is 0 Å². The first kappa shape index (κ1) is 21.3. The number of ketones is 1. The van der Waals surface area contributed by atoms with Crippen LogP contribution in [0.4, 0.5) is 0 Å². The van der Waals surface area contributed by atoms with Crippen molar-refractivity contribution in [1.82, 2.24) is 0 Å². The zero-order valence-electron chi connectivity index (χ0n) is 21.0. The van der Waals surface area contributed by atoms with Crippen molar-refractivity contribution in [2.75, 3.05) is 0 Å². The van der Waals surface area contributed by atoms with Crippen molar-refractivity contribution in [2.24, 2.45) is 40.4 Å². The number of rotatable bonds is 0. The summed E-state index contributed by atoms with van der Waals surface area (Å²) in [5.41, 5.74) is -2.21. The number of ether oxygens (including phenoxy) is 4. The molecule has 0 unspecified atom stereocenters. The first-order valence-corrected chi connectivity index (χ1v) is 13.6. The van der Waals surface area contributed by atoms with E-state index in [1.54, 1.807) is 6.08 Å². The van der Waals surface area contributed by atoms with Gasteiger partial charge in [-0.1, -0.05) is 19.9 Å². The van der Waals surface area contributed by atoms with Crippen LogP contribution in [0.25, 0.3) is 0 Å². The fourth-order valence-corrected chi connectivity index (χ4v) is 10.7. The topological polar surface area (TPSA) is 80.8 Å². The maximum atomic E-state index is 13.4. The first-order valence-electron chi connectivity index (χ1n) is 13.6. The van der Waals surface area contributed by atoms with E-state index in [-0.39, 0.29) is 59.0 Å². The lowest BCUT2D eigenvalue weighted by atomic mass is 9.43. The van der Waals surface area contributed by atoms with E-state index in [9.17, 15) is 9.90 Å². The van der Waals surface area contributed by atoms with Crippen molar-refractivity contribution in [3.8, 4) is 0 Å². The predicted octanol–water partition coefficient (Wildman–Crippen LogP) is 3.40. The van der Waals surface area contributed by atoms with Crippen molar-refractivity contribution in [3.05, 3.63) is 12.2 Å². The molecule has 34 heavy (non-hydrogen) atoms. The van der Waals surface area contributed by atoms with Crippen LogP contribution >= 0.6 is 0 Å². The second kappa shape index (κ2) is 5.85. The molecule has 0 amide bonds. The Morgan fingerprint density at radius 1 is 1.06 bits per heavy atom.